The van der Waals surface area contributed by atoms with Crippen LogP contribution in [0.25, 0.3) is 10.1 Å². The minimum atomic E-state index is -0.915. The molecule has 1 atom stereocenters. The number of carbonyl (C=O) groups is 2. The highest BCUT2D eigenvalue weighted by atomic mass is 35.5. The average molecular weight is 360 g/mol. The molecule has 1 aromatic heterocycles. The third-order valence-electron chi connectivity index (χ3n) is 3.37. The van der Waals surface area contributed by atoms with E-state index in [0.717, 1.165) is 10.1 Å². The fraction of sp³-hybridized carbons (Fsp3) is 0.111. The Kier molecular flexibility index (Phi) is 4.83. The number of carbonyl (C=O) groups excluding carboxylic acids is 2. The molecular weight excluding hydrogens is 346 g/mol. The first-order valence-electron chi connectivity index (χ1n) is 7.29. The van der Waals surface area contributed by atoms with Crippen LogP contribution in [0.5, 0.6) is 0 Å². The number of esters is 1. The van der Waals surface area contributed by atoms with Crippen LogP contribution in [-0.4, -0.2) is 18.0 Å². The lowest BCUT2D eigenvalue weighted by atomic mass is 10.2. The van der Waals surface area contributed by atoms with Crippen molar-refractivity contribution in [1.82, 2.24) is 0 Å². The van der Waals surface area contributed by atoms with Gasteiger partial charge in [0.25, 0.3) is 5.91 Å². The Bertz CT molecular complexity index is 873. The van der Waals surface area contributed by atoms with Gasteiger partial charge in [-0.1, -0.05) is 35.9 Å². The Labute approximate surface area is 148 Å². The number of hydrogen-bond donors (Lipinski definition) is 1. The Morgan fingerprint density at radius 2 is 1.92 bits per heavy atom. The Hall–Kier alpha value is -2.37. The van der Waals surface area contributed by atoms with E-state index in [-0.39, 0.29) is 0 Å². The van der Waals surface area contributed by atoms with E-state index in [9.17, 15) is 9.59 Å². The van der Waals surface area contributed by atoms with Crippen molar-refractivity contribution in [2.75, 3.05) is 5.32 Å². The number of hydrogen-bond acceptors (Lipinski definition) is 4. The number of amides is 1. The zero-order valence-electron chi connectivity index (χ0n) is 12.8. The van der Waals surface area contributed by atoms with Crippen molar-refractivity contribution >= 4 is 50.6 Å². The molecule has 0 bridgehead atoms. The summed E-state index contributed by atoms with van der Waals surface area (Å²) in [6.45, 7) is 1.53. The van der Waals surface area contributed by atoms with E-state index in [2.05, 4.69) is 5.32 Å². The number of ether oxygens (including phenoxy) is 1. The summed E-state index contributed by atoms with van der Waals surface area (Å²) < 4.78 is 6.26. The normalized spacial score (nSPS) is 11.9. The molecule has 1 heterocycles. The fourth-order valence-electron chi connectivity index (χ4n) is 2.16. The van der Waals surface area contributed by atoms with Crippen LogP contribution < -0.4 is 5.32 Å². The molecular formula is C18H14ClNO3S. The number of rotatable bonds is 4. The lowest BCUT2D eigenvalue weighted by Crippen LogP contribution is -2.29. The predicted molar refractivity (Wildman–Crippen MR) is 96.8 cm³/mol. The van der Waals surface area contributed by atoms with Crippen LogP contribution in [0.1, 0.15) is 16.6 Å². The number of fused-ring (bicyclic) bond motifs is 1. The van der Waals surface area contributed by atoms with Crippen LogP contribution in [0.3, 0.4) is 0 Å². The number of thiophene rings is 1. The maximum Gasteiger partial charge on any atom is 0.349 e. The van der Waals surface area contributed by atoms with E-state index in [4.69, 9.17) is 16.3 Å². The number of anilines is 1. The molecule has 1 N–H and O–H groups in total. The highest BCUT2D eigenvalue weighted by molar-refractivity contribution is 7.20. The number of nitrogens with one attached hydrogen (secondary N) is 1. The van der Waals surface area contributed by atoms with Crippen LogP contribution in [0.4, 0.5) is 5.69 Å². The molecule has 0 aliphatic rings. The van der Waals surface area contributed by atoms with Crippen molar-refractivity contribution in [2.24, 2.45) is 0 Å². The molecule has 3 rings (SSSR count). The molecule has 0 unspecified atom stereocenters. The Morgan fingerprint density at radius 1 is 1.12 bits per heavy atom. The van der Waals surface area contributed by atoms with Crippen molar-refractivity contribution in [3.05, 3.63) is 64.5 Å². The smallest absolute Gasteiger partial charge is 0.349 e. The summed E-state index contributed by atoms with van der Waals surface area (Å²) in [5, 5.41) is 4.16. The fourth-order valence-corrected chi connectivity index (χ4v) is 3.30. The second-order valence-corrected chi connectivity index (χ2v) is 6.72. The zero-order valence-corrected chi connectivity index (χ0v) is 14.4. The summed E-state index contributed by atoms with van der Waals surface area (Å²) in [6.07, 6.45) is -0.915. The van der Waals surface area contributed by atoms with E-state index in [1.165, 1.54) is 18.3 Å². The van der Waals surface area contributed by atoms with E-state index in [1.54, 1.807) is 30.3 Å². The van der Waals surface area contributed by atoms with Crippen molar-refractivity contribution < 1.29 is 14.3 Å². The van der Waals surface area contributed by atoms with Crippen LogP contribution in [0.2, 0.25) is 5.02 Å². The standard InChI is InChI=1S/C18H14ClNO3S/c1-11(17(21)20-14-7-4-6-13(19)10-14)23-18(22)16-9-12-5-2-3-8-15(12)24-16/h2-11H,1H3,(H,20,21)/t11-/m1/s1. The second-order valence-electron chi connectivity index (χ2n) is 5.20. The van der Waals surface area contributed by atoms with E-state index >= 15 is 0 Å². The van der Waals surface area contributed by atoms with Crippen LogP contribution in [0, 0.1) is 0 Å². The van der Waals surface area contributed by atoms with Crippen LogP contribution in [0.15, 0.2) is 54.6 Å². The maximum atomic E-state index is 12.2. The van der Waals surface area contributed by atoms with Gasteiger partial charge in [0.1, 0.15) is 4.88 Å². The van der Waals surface area contributed by atoms with E-state index in [1.807, 2.05) is 24.3 Å². The third kappa shape index (κ3) is 3.75. The second kappa shape index (κ2) is 7.03. The van der Waals surface area contributed by atoms with Crippen molar-refractivity contribution in [3.8, 4) is 0 Å². The van der Waals surface area contributed by atoms with Crippen LogP contribution in [-0.2, 0) is 9.53 Å². The predicted octanol–water partition coefficient (Wildman–Crippen LogP) is 4.74. The first-order valence-corrected chi connectivity index (χ1v) is 8.48. The van der Waals surface area contributed by atoms with E-state index in [0.29, 0.717) is 15.6 Å². The number of halogens is 1. The Balaban J connectivity index is 1.65. The largest absolute Gasteiger partial charge is 0.448 e. The molecule has 24 heavy (non-hydrogen) atoms. The summed E-state index contributed by atoms with van der Waals surface area (Å²) >= 11 is 7.22. The monoisotopic (exact) mass is 359 g/mol. The molecule has 0 aliphatic heterocycles. The number of benzene rings is 2. The quantitative estimate of drug-likeness (QED) is 0.684. The molecule has 0 aliphatic carbocycles. The molecule has 0 spiro atoms. The molecule has 4 nitrogen and oxygen atoms in total. The molecule has 0 fully saturated rings. The zero-order chi connectivity index (χ0) is 17.1. The highest BCUT2D eigenvalue weighted by Crippen LogP contribution is 2.26. The molecule has 0 saturated heterocycles. The summed E-state index contributed by atoms with van der Waals surface area (Å²) in [5.74, 6) is -0.920. The first kappa shape index (κ1) is 16.5. The average Bonchev–Trinajstić information content (AvgIpc) is 2.99. The molecule has 0 radical (unpaired) electrons. The SMILES string of the molecule is C[C@@H](OC(=O)c1cc2ccccc2s1)C(=O)Nc1cccc(Cl)c1. The van der Waals surface area contributed by atoms with Crippen molar-refractivity contribution in [3.63, 3.8) is 0 Å². The van der Waals surface area contributed by atoms with E-state index < -0.39 is 18.0 Å². The van der Waals surface area contributed by atoms with Gasteiger partial charge >= 0.3 is 5.97 Å². The summed E-state index contributed by atoms with van der Waals surface area (Å²) in [7, 11) is 0. The van der Waals surface area contributed by atoms with Gasteiger partial charge in [-0.05, 0) is 42.6 Å². The Morgan fingerprint density at radius 3 is 2.67 bits per heavy atom. The van der Waals surface area contributed by atoms with Crippen molar-refractivity contribution in [1.29, 1.82) is 0 Å². The van der Waals surface area contributed by atoms with Gasteiger partial charge in [0.2, 0.25) is 0 Å². The van der Waals surface area contributed by atoms with Crippen molar-refractivity contribution in [2.45, 2.75) is 13.0 Å². The lowest BCUT2D eigenvalue weighted by Gasteiger charge is -2.13. The van der Waals surface area contributed by atoms with Crippen LogP contribution >= 0.6 is 22.9 Å². The molecule has 6 heteroatoms. The minimum absolute atomic E-state index is 0.410. The molecule has 3 aromatic rings. The summed E-state index contributed by atoms with van der Waals surface area (Å²) in [4.78, 5) is 24.8. The minimum Gasteiger partial charge on any atom is -0.448 e. The molecule has 0 saturated carbocycles. The van der Waals surface area contributed by atoms with Gasteiger partial charge in [-0.3, -0.25) is 4.79 Å². The van der Waals surface area contributed by atoms with Gasteiger partial charge in [-0.15, -0.1) is 11.3 Å². The van der Waals surface area contributed by atoms with Gasteiger partial charge in [0.05, 0.1) is 0 Å². The highest BCUT2D eigenvalue weighted by Gasteiger charge is 2.20. The topological polar surface area (TPSA) is 55.4 Å². The summed E-state index contributed by atoms with van der Waals surface area (Å²) in [5.41, 5.74) is 0.553. The van der Waals surface area contributed by atoms with Gasteiger partial charge in [0, 0.05) is 15.4 Å². The molecule has 122 valence electrons. The lowest BCUT2D eigenvalue weighted by molar-refractivity contribution is -0.123. The molecule has 1 amide bonds. The van der Waals surface area contributed by atoms with Gasteiger partial charge in [-0.2, -0.15) is 0 Å². The van der Waals surface area contributed by atoms with Gasteiger partial charge < -0.3 is 10.1 Å². The first-order chi connectivity index (χ1) is 11.5. The molecule has 2 aromatic carbocycles. The third-order valence-corrected chi connectivity index (χ3v) is 4.70. The van der Waals surface area contributed by atoms with Gasteiger partial charge in [0.15, 0.2) is 6.10 Å². The summed E-state index contributed by atoms with van der Waals surface area (Å²) in [6, 6.07) is 16.2. The van der Waals surface area contributed by atoms with Gasteiger partial charge in [-0.25, -0.2) is 4.79 Å². The maximum absolute atomic E-state index is 12.2.